The first-order chi connectivity index (χ1) is 13.1. The summed E-state index contributed by atoms with van der Waals surface area (Å²) >= 11 is 0. The van der Waals surface area contributed by atoms with Gasteiger partial charge < -0.3 is 20.1 Å². The lowest BCUT2D eigenvalue weighted by molar-refractivity contribution is -0.107. The molecule has 0 aliphatic heterocycles. The fourth-order valence-electron chi connectivity index (χ4n) is 3.71. The van der Waals surface area contributed by atoms with E-state index in [0.717, 1.165) is 25.5 Å². The lowest BCUT2D eigenvalue weighted by atomic mass is 9.89. The van der Waals surface area contributed by atoms with Crippen LogP contribution in [0.4, 0.5) is 0 Å². The van der Waals surface area contributed by atoms with Crippen molar-refractivity contribution in [3.05, 3.63) is 60.2 Å². The van der Waals surface area contributed by atoms with Gasteiger partial charge in [-0.15, -0.1) is 0 Å². The zero-order valence-electron chi connectivity index (χ0n) is 15.9. The summed E-state index contributed by atoms with van der Waals surface area (Å²) in [6, 6.07) is 10.1. The number of aldehydes is 1. The third-order valence-corrected chi connectivity index (χ3v) is 5.31. The first-order valence-electron chi connectivity index (χ1n) is 9.97. The fraction of sp³-hybridized carbons (Fsp3) is 0.522. The molecule has 2 rings (SSSR count). The Morgan fingerprint density at radius 2 is 1.85 bits per heavy atom. The second-order valence-corrected chi connectivity index (χ2v) is 7.39. The lowest BCUT2D eigenvalue weighted by Gasteiger charge is -2.19. The largest absolute Gasteiger partial charge is 0.393 e. The smallest absolute Gasteiger partial charge is 0.120 e. The highest BCUT2D eigenvalue weighted by Crippen LogP contribution is 2.36. The van der Waals surface area contributed by atoms with Gasteiger partial charge in [0, 0.05) is 18.8 Å². The summed E-state index contributed by atoms with van der Waals surface area (Å²) in [7, 11) is 0. The molecule has 0 amide bonds. The molecule has 1 saturated carbocycles. The van der Waals surface area contributed by atoms with E-state index >= 15 is 0 Å². The van der Waals surface area contributed by atoms with Crippen LogP contribution in [-0.4, -0.2) is 39.9 Å². The summed E-state index contributed by atoms with van der Waals surface area (Å²) in [6.07, 6.45) is 11.7. The van der Waals surface area contributed by atoms with Gasteiger partial charge in [-0.05, 0) is 43.6 Å². The minimum atomic E-state index is -0.578. The van der Waals surface area contributed by atoms with E-state index in [-0.39, 0.29) is 11.8 Å². The van der Waals surface area contributed by atoms with Crippen molar-refractivity contribution in [1.82, 2.24) is 0 Å². The molecule has 0 saturated heterocycles. The molecule has 1 aromatic carbocycles. The molecule has 1 aliphatic rings. The molecule has 1 aliphatic carbocycles. The first-order valence-corrected chi connectivity index (χ1v) is 9.97. The van der Waals surface area contributed by atoms with E-state index in [1.165, 1.54) is 5.56 Å². The van der Waals surface area contributed by atoms with Gasteiger partial charge in [0.2, 0.25) is 0 Å². The predicted octanol–water partition coefficient (Wildman–Crippen LogP) is 3.21. The third kappa shape index (κ3) is 7.41. The Hall–Kier alpha value is -1.75. The number of carbonyl (C=O) groups excluding carboxylic acids is 1. The van der Waals surface area contributed by atoms with Gasteiger partial charge in [0.15, 0.2) is 0 Å². The Balaban J connectivity index is 1.83. The molecule has 0 spiro atoms. The number of allylic oxidation sites excluding steroid dienone is 2. The Kier molecular flexibility index (Phi) is 9.46. The van der Waals surface area contributed by atoms with Crippen molar-refractivity contribution >= 4 is 6.29 Å². The van der Waals surface area contributed by atoms with Crippen molar-refractivity contribution < 1.29 is 20.1 Å². The molecule has 4 heteroatoms. The minimum Gasteiger partial charge on any atom is -0.393 e. The number of aliphatic hydroxyl groups excluding tert-OH is 3. The summed E-state index contributed by atoms with van der Waals surface area (Å²) in [6.45, 7) is 0. The van der Waals surface area contributed by atoms with Gasteiger partial charge in [0.05, 0.1) is 18.3 Å². The normalized spacial score (nSPS) is 26.8. The molecule has 3 N–H and O–H groups in total. The van der Waals surface area contributed by atoms with Gasteiger partial charge in [-0.3, -0.25) is 0 Å². The molecule has 1 fully saturated rings. The van der Waals surface area contributed by atoms with E-state index < -0.39 is 18.3 Å². The van der Waals surface area contributed by atoms with Crippen LogP contribution in [0.5, 0.6) is 0 Å². The number of carbonyl (C=O) groups is 1. The Morgan fingerprint density at radius 1 is 1.07 bits per heavy atom. The molecule has 5 atom stereocenters. The van der Waals surface area contributed by atoms with Crippen LogP contribution in [0.1, 0.15) is 44.1 Å². The molecular weight excluding hydrogens is 340 g/mol. The van der Waals surface area contributed by atoms with Gasteiger partial charge in [-0.2, -0.15) is 0 Å². The molecule has 0 heterocycles. The van der Waals surface area contributed by atoms with Gasteiger partial charge in [-0.1, -0.05) is 54.6 Å². The average Bonchev–Trinajstić information content (AvgIpc) is 2.94. The second kappa shape index (κ2) is 11.9. The van der Waals surface area contributed by atoms with Gasteiger partial charge >= 0.3 is 0 Å². The number of unbranched alkanes of at least 4 members (excludes halogenated alkanes) is 2. The van der Waals surface area contributed by atoms with Gasteiger partial charge in [0.25, 0.3) is 0 Å². The van der Waals surface area contributed by atoms with E-state index in [4.69, 9.17) is 0 Å². The topological polar surface area (TPSA) is 77.8 Å². The standard InChI is InChI=1S/C23H32O4/c24-16-8-3-1-2-7-11-20-21(23(27)17-22(20)26)15-14-19(25)13-12-18-9-5-4-6-10-18/h2,4-7,9-10,14-16,19-23,25-27H,1,3,8,11-13,17H2/b7-2+,15-14+/t19-,20+,21+,22-,23+/m0/s1. The number of rotatable bonds is 11. The maximum absolute atomic E-state index is 10.3. The monoisotopic (exact) mass is 372 g/mol. The van der Waals surface area contributed by atoms with Gasteiger partial charge in [-0.25, -0.2) is 0 Å². The average molecular weight is 373 g/mol. The summed E-state index contributed by atoms with van der Waals surface area (Å²) in [5.74, 6) is -0.189. The maximum atomic E-state index is 10.3. The number of aryl methyl sites for hydroxylation is 1. The van der Waals surface area contributed by atoms with E-state index in [1.807, 2.05) is 48.6 Å². The quantitative estimate of drug-likeness (QED) is 0.317. The summed E-state index contributed by atoms with van der Waals surface area (Å²) in [5, 5.41) is 30.8. The molecule has 4 nitrogen and oxygen atoms in total. The van der Waals surface area contributed by atoms with E-state index in [2.05, 4.69) is 0 Å². The highest BCUT2D eigenvalue weighted by molar-refractivity contribution is 5.49. The molecule has 148 valence electrons. The highest BCUT2D eigenvalue weighted by Gasteiger charge is 2.39. The van der Waals surface area contributed by atoms with Crippen molar-refractivity contribution in [3.63, 3.8) is 0 Å². The Morgan fingerprint density at radius 3 is 2.59 bits per heavy atom. The summed E-state index contributed by atoms with van der Waals surface area (Å²) < 4.78 is 0. The maximum Gasteiger partial charge on any atom is 0.120 e. The van der Waals surface area contributed by atoms with Gasteiger partial charge in [0.1, 0.15) is 6.29 Å². The zero-order valence-corrected chi connectivity index (χ0v) is 15.9. The summed E-state index contributed by atoms with van der Waals surface area (Å²) in [4.78, 5) is 10.3. The first kappa shape index (κ1) is 21.5. The van der Waals surface area contributed by atoms with E-state index in [0.29, 0.717) is 25.7 Å². The third-order valence-electron chi connectivity index (χ3n) is 5.31. The molecule has 1 aromatic rings. The number of hydrogen-bond acceptors (Lipinski definition) is 4. The minimum absolute atomic E-state index is 0.0418. The van der Waals surface area contributed by atoms with Crippen LogP contribution >= 0.6 is 0 Å². The SMILES string of the molecule is O=CCCC/C=C/C[C@@H]1[C@@H](/C=C/[C@@H](O)CCc2ccccc2)[C@H](O)C[C@@H]1O. The number of aliphatic hydroxyl groups is 3. The molecule has 27 heavy (non-hydrogen) atoms. The van der Waals surface area contributed by atoms with Crippen molar-refractivity contribution in [2.75, 3.05) is 0 Å². The Labute approximate surface area is 162 Å². The van der Waals surface area contributed by atoms with Crippen LogP contribution in [0.15, 0.2) is 54.6 Å². The van der Waals surface area contributed by atoms with Crippen LogP contribution in [0, 0.1) is 11.8 Å². The van der Waals surface area contributed by atoms with Crippen molar-refractivity contribution in [2.45, 2.75) is 63.3 Å². The van der Waals surface area contributed by atoms with Crippen LogP contribution in [0.25, 0.3) is 0 Å². The Bertz CT molecular complexity index is 596. The van der Waals surface area contributed by atoms with Crippen molar-refractivity contribution in [1.29, 1.82) is 0 Å². The second-order valence-electron chi connectivity index (χ2n) is 7.39. The fourth-order valence-corrected chi connectivity index (χ4v) is 3.71. The molecule has 0 unspecified atom stereocenters. The van der Waals surface area contributed by atoms with Crippen LogP contribution < -0.4 is 0 Å². The predicted molar refractivity (Wildman–Crippen MR) is 107 cm³/mol. The molecule has 0 bridgehead atoms. The lowest BCUT2D eigenvalue weighted by Crippen LogP contribution is -2.20. The number of benzene rings is 1. The molecule has 0 aromatic heterocycles. The van der Waals surface area contributed by atoms with E-state index in [1.54, 1.807) is 6.08 Å². The number of hydrogen-bond donors (Lipinski definition) is 3. The van der Waals surface area contributed by atoms with E-state index in [9.17, 15) is 20.1 Å². The zero-order chi connectivity index (χ0) is 19.5. The van der Waals surface area contributed by atoms with Crippen LogP contribution in [-0.2, 0) is 11.2 Å². The van der Waals surface area contributed by atoms with Crippen LogP contribution in [0.3, 0.4) is 0 Å². The van der Waals surface area contributed by atoms with Crippen molar-refractivity contribution in [3.8, 4) is 0 Å². The highest BCUT2D eigenvalue weighted by atomic mass is 16.3. The summed E-state index contributed by atoms with van der Waals surface area (Å²) in [5.41, 5.74) is 1.19. The van der Waals surface area contributed by atoms with Crippen molar-refractivity contribution in [2.24, 2.45) is 11.8 Å². The molecule has 0 radical (unpaired) electrons. The molecular formula is C23H32O4. The van der Waals surface area contributed by atoms with Crippen LogP contribution in [0.2, 0.25) is 0 Å².